The smallest absolute Gasteiger partial charge is 0.139 e. The summed E-state index contributed by atoms with van der Waals surface area (Å²) in [6.07, 6.45) is 1.92. The Morgan fingerprint density at radius 1 is 1.50 bits per heavy atom. The number of hydrogen-bond donors (Lipinski definition) is 2. The number of aliphatic hydroxyl groups excluding tert-OH is 1. The summed E-state index contributed by atoms with van der Waals surface area (Å²) in [6, 6.07) is 4.88. The van der Waals surface area contributed by atoms with Crippen molar-refractivity contribution in [1.82, 2.24) is 9.55 Å². The maximum absolute atomic E-state index is 13.3. The van der Waals surface area contributed by atoms with Gasteiger partial charge in [-0.1, -0.05) is 0 Å². The Morgan fingerprint density at radius 2 is 2.28 bits per heavy atom. The van der Waals surface area contributed by atoms with E-state index in [9.17, 15) is 9.50 Å². The fourth-order valence-corrected chi connectivity index (χ4v) is 2.32. The number of nitrogens with two attached hydrogens (primary N) is 1. The number of halogens is 1. The lowest BCUT2D eigenvalue weighted by Crippen LogP contribution is -2.12. The van der Waals surface area contributed by atoms with Crippen LogP contribution in [-0.4, -0.2) is 21.2 Å². The van der Waals surface area contributed by atoms with E-state index in [-0.39, 0.29) is 5.82 Å². The highest BCUT2D eigenvalue weighted by atomic mass is 19.1. The maximum atomic E-state index is 13.3. The molecule has 0 amide bonds. The van der Waals surface area contributed by atoms with Crippen molar-refractivity contribution in [3.8, 4) is 0 Å². The first-order valence-corrected chi connectivity index (χ1v) is 6.26. The van der Waals surface area contributed by atoms with E-state index < -0.39 is 6.10 Å². The molecule has 3 rings (SSSR count). The summed E-state index contributed by atoms with van der Waals surface area (Å²) in [4.78, 5) is 4.42. The normalized spacial score (nSPS) is 17.3. The molecule has 1 heterocycles. The van der Waals surface area contributed by atoms with Crippen molar-refractivity contribution in [1.29, 1.82) is 0 Å². The van der Waals surface area contributed by atoms with Crippen LogP contribution in [-0.2, 0) is 0 Å². The predicted octanol–water partition coefficient (Wildman–Crippen LogP) is 1.89. The second kappa shape index (κ2) is 4.33. The molecule has 3 N–H and O–H groups in total. The van der Waals surface area contributed by atoms with Crippen molar-refractivity contribution in [2.24, 2.45) is 5.73 Å². The van der Waals surface area contributed by atoms with Gasteiger partial charge >= 0.3 is 0 Å². The number of benzene rings is 1. The minimum atomic E-state index is -0.675. The van der Waals surface area contributed by atoms with Gasteiger partial charge in [-0.05, 0) is 44.0 Å². The number of fused-ring (bicyclic) bond motifs is 1. The van der Waals surface area contributed by atoms with Crippen LogP contribution in [0.25, 0.3) is 11.0 Å². The van der Waals surface area contributed by atoms with E-state index >= 15 is 0 Å². The first kappa shape index (κ1) is 11.6. The van der Waals surface area contributed by atoms with E-state index in [1.54, 1.807) is 6.07 Å². The Hall–Kier alpha value is -1.46. The van der Waals surface area contributed by atoms with Gasteiger partial charge in [0.1, 0.15) is 17.7 Å². The van der Waals surface area contributed by atoms with Crippen LogP contribution in [0.2, 0.25) is 0 Å². The largest absolute Gasteiger partial charge is 0.385 e. The Balaban J connectivity index is 2.15. The van der Waals surface area contributed by atoms with Crippen molar-refractivity contribution in [2.75, 3.05) is 6.54 Å². The first-order chi connectivity index (χ1) is 8.70. The van der Waals surface area contributed by atoms with Gasteiger partial charge in [0.2, 0.25) is 0 Å². The Bertz CT molecular complexity index is 577. The summed E-state index contributed by atoms with van der Waals surface area (Å²) in [5, 5.41) is 10.1. The molecule has 18 heavy (non-hydrogen) atoms. The standard InChI is InChI=1S/C13H16FN3O/c14-8-1-4-10-11(7-8)17(9-2-3-9)13(16-10)12(18)5-6-15/h1,4,7,9,12,18H,2-3,5-6,15H2. The zero-order chi connectivity index (χ0) is 12.7. The summed E-state index contributed by atoms with van der Waals surface area (Å²) in [5.74, 6) is 0.340. The van der Waals surface area contributed by atoms with Crippen molar-refractivity contribution >= 4 is 11.0 Å². The quantitative estimate of drug-likeness (QED) is 0.869. The van der Waals surface area contributed by atoms with E-state index in [1.807, 2.05) is 4.57 Å². The molecule has 0 bridgehead atoms. The molecule has 1 unspecified atom stereocenters. The average molecular weight is 249 g/mol. The molecule has 1 aliphatic rings. The maximum Gasteiger partial charge on any atom is 0.139 e. The number of rotatable bonds is 4. The van der Waals surface area contributed by atoms with Crippen molar-refractivity contribution in [2.45, 2.75) is 31.4 Å². The van der Waals surface area contributed by atoms with Crippen LogP contribution in [0.1, 0.15) is 37.2 Å². The van der Waals surface area contributed by atoms with Crippen molar-refractivity contribution in [3.05, 3.63) is 29.8 Å². The molecule has 1 aromatic carbocycles. The van der Waals surface area contributed by atoms with Gasteiger partial charge in [-0.3, -0.25) is 0 Å². The number of nitrogens with zero attached hydrogens (tertiary/aromatic N) is 2. The lowest BCUT2D eigenvalue weighted by molar-refractivity contribution is 0.156. The molecule has 1 saturated carbocycles. The average Bonchev–Trinajstić information content (AvgIpc) is 3.10. The van der Waals surface area contributed by atoms with Gasteiger partial charge in [-0.15, -0.1) is 0 Å². The van der Waals surface area contributed by atoms with E-state index in [2.05, 4.69) is 4.98 Å². The molecule has 1 aliphatic carbocycles. The lowest BCUT2D eigenvalue weighted by atomic mass is 10.2. The van der Waals surface area contributed by atoms with Gasteiger partial charge in [0.15, 0.2) is 0 Å². The third-order valence-electron chi connectivity index (χ3n) is 3.33. The first-order valence-electron chi connectivity index (χ1n) is 6.26. The van der Waals surface area contributed by atoms with Crippen LogP contribution in [0.15, 0.2) is 18.2 Å². The molecule has 1 atom stereocenters. The highest BCUT2D eigenvalue weighted by molar-refractivity contribution is 5.76. The number of imidazole rings is 1. The molecule has 0 radical (unpaired) electrons. The topological polar surface area (TPSA) is 64.1 Å². The monoisotopic (exact) mass is 249 g/mol. The van der Waals surface area contributed by atoms with Gasteiger partial charge < -0.3 is 15.4 Å². The van der Waals surface area contributed by atoms with Gasteiger partial charge in [0.25, 0.3) is 0 Å². The van der Waals surface area contributed by atoms with Crippen LogP contribution in [0.4, 0.5) is 4.39 Å². The highest BCUT2D eigenvalue weighted by Crippen LogP contribution is 2.40. The molecule has 0 saturated heterocycles. The zero-order valence-corrected chi connectivity index (χ0v) is 10.0. The molecule has 5 heteroatoms. The Kier molecular flexibility index (Phi) is 2.80. The van der Waals surface area contributed by atoms with Gasteiger partial charge in [-0.25, -0.2) is 9.37 Å². The van der Waals surface area contributed by atoms with Crippen LogP contribution in [0.3, 0.4) is 0 Å². The second-order valence-corrected chi connectivity index (χ2v) is 4.80. The molecule has 96 valence electrons. The van der Waals surface area contributed by atoms with Crippen LogP contribution < -0.4 is 5.73 Å². The molecule has 2 aromatic rings. The fourth-order valence-electron chi connectivity index (χ4n) is 2.32. The van der Waals surface area contributed by atoms with E-state index in [1.165, 1.54) is 12.1 Å². The molecule has 1 fully saturated rings. The summed E-state index contributed by atoms with van der Waals surface area (Å²) < 4.78 is 15.3. The molecular formula is C13H16FN3O. The molecule has 1 aromatic heterocycles. The van der Waals surface area contributed by atoms with Gasteiger partial charge in [0, 0.05) is 6.04 Å². The number of hydrogen-bond acceptors (Lipinski definition) is 3. The molecule has 0 aliphatic heterocycles. The van der Waals surface area contributed by atoms with E-state index in [0.717, 1.165) is 23.9 Å². The van der Waals surface area contributed by atoms with Gasteiger partial charge in [0.05, 0.1) is 11.0 Å². The number of aromatic nitrogens is 2. The summed E-state index contributed by atoms with van der Waals surface area (Å²) in [6.45, 7) is 0.406. The molecule has 4 nitrogen and oxygen atoms in total. The van der Waals surface area contributed by atoms with Crippen molar-refractivity contribution < 1.29 is 9.50 Å². The third-order valence-corrected chi connectivity index (χ3v) is 3.33. The van der Waals surface area contributed by atoms with E-state index in [4.69, 9.17) is 5.73 Å². The summed E-state index contributed by atoms with van der Waals surface area (Å²) in [7, 11) is 0. The third kappa shape index (κ3) is 1.89. The summed E-state index contributed by atoms with van der Waals surface area (Å²) >= 11 is 0. The van der Waals surface area contributed by atoms with Gasteiger partial charge in [-0.2, -0.15) is 0 Å². The SMILES string of the molecule is NCCC(O)c1nc2ccc(F)cc2n1C1CC1. The van der Waals surface area contributed by atoms with E-state index in [0.29, 0.717) is 24.8 Å². The lowest BCUT2D eigenvalue weighted by Gasteiger charge is -2.12. The minimum Gasteiger partial charge on any atom is -0.385 e. The molecular weight excluding hydrogens is 233 g/mol. The molecule has 0 spiro atoms. The van der Waals surface area contributed by atoms with Crippen LogP contribution in [0.5, 0.6) is 0 Å². The highest BCUT2D eigenvalue weighted by Gasteiger charge is 2.30. The summed E-state index contributed by atoms with van der Waals surface area (Å²) in [5.41, 5.74) is 6.97. The fraction of sp³-hybridized carbons (Fsp3) is 0.462. The Morgan fingerprint density at radius 3 is 2.94 bits per heavy atom. The zero-order valence-electron chi connectivity index (χ0n) is 10.0. The predicted molar refractivity (Wildman–Crippen MR) is 66.6 cm³/mol. The van der Waals surface area contributed by atoms with Crippen LogP contribution in [0, 0.1) is 5.82 Å². The van der Waals surface area contributed by atoms with Crippen LogP contribution >= 0.6 is 0 Å². The minimum absolute atomic E-state index is 0.274. The Labute approximate surface area is 104 Å². The second-order valence-electron chi connectivity index (χ2n) is 4.80. The number of aliphatic hydroxyl groups is 1. The van der Waals surface area contributed by atoms with Crippen molar-refractivity contribution in [3.63, 3.8) is 0 Å².